The number of nitrogens with zero attached hydrogens (tertiary/aromatic N) is 2. The van der Waals surface area contributed by atoms with E-state index >= 15 is 0 Å². The fourth-order valence-corrected chi connectivity index (χ4v) is 2.41. The molecule has 0 bridgehead atoms. The van der Waals surface area contributed by atoms with E-state index in [4.69, 9.17) is 17.5 Å². The fraction of sp³-hybridized carbons (Fsp3) is 0.417. The predicted molar refractivity (Wildman–Crippen MR) is 82.8 cm³/mol. The summed E-state index contributed by atoms with van der Waals surface area (Å²) in [5.41, 5.74) is 8.35. The molecular weight excluding hydrogens is 349 g/mol. The maximum atomic E-state index is 5.79. The van der Waals surface area contributed by atoms with Crippen molar-refractivity contribution in [2.45, 2.75) is 25.8 Å². The van der Waals surface area contributed by atoms with Crippen molar-refractivity contribution >= 4 is 41.7 Å². The molecule has 3 nitrogen and oxygen atoms in total. The molecule has 1 heterocycles. The molecule has 1 saturated heterocycles. The van der Waals surface area contributed by atoms with Gasteiger partial charge in [0.25, 0.3) is 0 Å². The van der Waals surface area contributed by atoms with E-state index in [1.54, 1.807) is 0 Å². The van der Waals surface area contributed by atoms with Crippen LogP contribution in [0.1, 0.15) is 30.0 Å². The molecule has 1 aromatic carbocycles. The van der Waals surface area contributed by atoms with Gasteiger partial charge >= 0.3 is 0 Å². The molecule has 0 saturated carbocycles. The second kappa shape index (κ2) is 6.44. The molecule has 1 aliphatic heterocycles. The second-order valence-corrected chi connectivity index (χ2v) is 4.38. The van der Waals surface area contributed by atoms with Crippen LogP contribution in [0, 0.1) is 6.92 Å². The molecule has 2 N–H and O–H groups in total. The monoisotopic (exact) mass is 365 g/mol. The van der Waals surface area contributed by atoms with E-state index in [1.807, 2.05) is 0 Å². The Bertz CT molecular complexity index is 408. The van der Waals surface area contributed by atoms with Crippen molar-refractivity contribution in [3.8, 4) is 0 Å². The summed E-state index contributed by atoms with van der Waals surface area (Å²) in [5, 5.41) is 0. The molecule has 17 heavy (non-hydrogen) atoms. The number of guanidine groups is 1. The van der Waals surface area contributed by atoms with E-state index in [9.17, 15) is 0 Å². The third-order valence-corrected chi connectivity index (χ3v) is 3.23. The van der Waals surface area contributed by atoms with E-state index in [0.717, 1.165) is 19.4 Å². The summed E-state index contributed by atoms with van der Waals surface area (Å²) in [6.45, 7) is 3.03. The van der Waals surface area contributed by atoms with Crippen LogP contribution in [0.15, 0.2) is 28.8 Å². The highest BCUT2D eigenvalue weighted by atomic mass is 127. The highest BCUT2D eigenvalue weighted by molar-refractivity contribution is 14.0. The van der Waals surface area contributed by atoms with Crippen LogP contribution in [0.5, 0.6) is 0 Å². The maximum absolute atomic E-state index is 5.79. The summed E-state index contributed by atoms with van der Waals surface area (Å²) in [7, 11) is 0. The van der Waals surface area contributed by atoms with Gasteiger partial charge in [0.1, 0.15) is 0 Å². The SMILES string of the molecule is Cc1cccc(C2CCCN2/C(N)=N\Cl)c1.I. The average molecular weight is 366 g/mol. The standard InChI is InChI=1S/C12H16ClN3.HI/c1-9-4-2-5-10(8-9)11-6-3-7-16(11)12(14)15-13;/h2,4-5,8,11H,3,6-7H2,1H3,(H2,14,15);1H. The summed E-state index contributed by atoms with van der Waals surface area (Å²) in [6.07, 6.45) is 2.24. The summed E-state index contributed by atoms with van der Waals surface area (Å²) in [4.78, 5) is 2.07. The van der Waals surface area contributed by atoms with Crippen LogP contribution in [0.25, 0.3) is 0 Å². The van der Waals surface area contributed by atoms with Gasteiger partial charge in [-0.2, -0.15) is 0 Å². The molecule has 1 fully saturated rings. The number of nitrogens with two attached hydrogens (primary N) is 1. The van der Waals surface area contributed by atoms with Crippen LogP contribution < -0.4 is 5.73 Å². The van der Waals surface area contributed by atoms with Crippen molar-refractivity contribution in [3.05, 3.63) is 35.4 Å². The number of rotatable bonds is 1. The zero-order chi connectivity index (χ0) is 11.5. The van der Waals surface area contributed by atoms with Gasteiger partial charge < -0.3 is 10.6 Å². The maximum Gasteiger partial charge on any atom is 0.209 e. The number of likely N-dealkylation sites (tertiary alicyclic amines) is 1. The Labute approximate surface area is 124 Å². The van der Waals surface area contributed by atoms with Gasteiger partial charge in [-0.25, -0.2) is 0 Å². The third-order valence-electron chi connectivity index (χ3n) is 3.06. The van der Waals surface area contributed by atoms with Crippen LogP contribution in [0.2, 0.25) is 0 Å². The van der Waals surface area contributed by atoms with Crippen molar-refractivity contribution in [2.24, 2.45) is 10.2 Å². The van der Waals surface area contributed by atoms with Crippen molar-refractivity contribution in [1.29, 1.82) is 0 Å². The number of halogens is 2. The van der Waals surface area contributed by atoms with Gasteiger partial charge in [0, 0.05) is 18.3 Å². The lowest BCUT2D eigenvalue weighted by molar-refractivity contribution is 0.397. The molecule has 0 spiro atoms. The Hall–Kier alpha value is -0.490. The number of aryl methyl sites for hydroxylation is 1. The number of hydrogen-bond donors (Lipinski definition) is 1. The van der Waals surface area contributed by atoms with Gasteiger partial charge in [-0.05, 0) is 25.3 Å². The smallest absolute Gasteiger partial charge is 0.209 e. The Kier molecular flexibility index (Phi) is 5.52. The van der Waals surface area contributed by atoms with Crippen molar-refractivity contribution in [1.82, 2.24) is 4.90 Å². The summed E-state index contributed by atoms with van der Waals surface area (Å²) in [6, 6.07) is 8.83. The molecule has 1 aromatic rings. The van der Waals surface area contributed by atoms with Crippen LogP contribution in [0.4, 0.5) is 0 Å². The van der Waals surface area contributed by atoms with Crippen LogP contribution in [0.3, 0.4) is 0 Å². The Morgan fingerprint density at radius 3 is 2.94 bits per heavy atom. The first-order valence-corrected chi connectivity index (χ1v) is 5.84. The molecule has 1 unspecified atom stereocenters. The Morgan fingerprint density at radius 1 is 1.53 bits per heavy atom. The van der Waals surface area contributed by atoms with E-state index in [-0.39, 0.29) is 24.0 Å². The minimum Gasteiger partial charge on any atom is -0.369 e. The highest BCUT2D eigenvalue weighted by Gasteiger charge is 2.27. The predicted octanol–water partition coefficient (Wildman–Crippen LogP) is 3.22. The average Bonchev–Trinajstić information content (AvgIpc) is 2.77. The first kappa shape index (κ1) is 14.6. The Morgan fingerprint density at radius 2 is 2.29 bits per heavy atom. The molecule has 0 amide bonds. The molecule has 0 aliphatic carbocycles. The Balaban J connectivity index is 0.00000144. The normalized spacial score (nSPS) is 20.2. The third kappa shape index (κ3) is 3.25. The van der Waals surface area contributed by atoms with Gasteiger partial charge in [0.2, 0.25) is 5.96 Å². The summed E-state index contributed by atoms with van der Waals surface area (Å²) >= 11 is 5.44. The molecular formula is C12H17ClIN3. The lowest BCUT2D eigenvalue weighted by Gasteiger charge is -2.25. The van der Waals surface area contributed by atoms with E-state index in [1.165, 1.54) is 11.1 Å². The van der Waals surface area contributed by atoms with Gasteiger partial charge in [-0.1, -0.05) is 29.8 Å². The van der Waals surface area contributed by atoms with Gasteiger partial charge in [0.05, 0.1) is 6.04 Å². The van der Waals surface area contributed by atoms with Crippen molar-refractivity contribution < 1.29 is 0 Å². The lowest BCUT2D eigenvalue weighted by atomic mass is 10.0. The van der Waals surface area contributed by atoms with E-state index in [0.29, 0.717) is 12.0 Å². The van der Waals surface area contributed by atoms with E-state index in [2.05, 4.69) is 40.6 Å². The summed E-state index contributed by atoms with van der Waals surface area (Å²) in [5.74, 6) is 0.422. The number of hydrogen-bond acceptors (Lipinski definition) is 1. The largest absolute Gasteiger partial charge is 0.369 e. The van der Waals surface area contributed by atoms with Crippen LogP contribution >= 0.6 is 35.8 Å². The quantitative estimate of drug-likeness (QED) is 0.472. The zero-order valence-electron chi connectivity index (χ0n) is 9.77. The number of benzene rings is 1. The van der Waals surface area contributed by atoms with Crippen molar-refractivity contribution in [3.63, 3.8) is 0 Å². The molecule has 5 heteroatoms. The van der Waals surface area contributed by atoms with Crippen molar-refractivity contribution in [2.75, 3.05) is 6.54 Å². The molecule has 1 atom stereocenters. The minimum atomic E-state index is 0. The molecule has 2 rings (SSSR count). The summed E-state index contributed by atoms with van der Waals surface area (Å²) < 4.78 is 3.56. The van der Waals surface area contributed by atoms with Crippen LogP contribution in [-0.4, -0.2) is 17.4 Å². The fourth-order valence-electron chi connectivity index (χ4n) is 2.31. The lowest BCUT2D eigenvalue weighted by Crippen LogP contribution is -2.36. The zero-order valence-corrected chi connectivity index (χ0v) is 12.9. The first-order valence-electron chi connectivity index (χ1n) is 5.50. The molecule has 0 radical (unpaired) electrons. The first-order chi connectivity index (χ1) is 7.72. The van der Waals surface area contributed by atoms with Gasteiger partial charge in [0.15, 0.2) is 0 Å². The van der Waals surface area contributed by atoms with Gasteiger partial charge in [-0.3, -0.25) is 0 Å². The van der Waals surface area contributed by atoms with Gasteiger partial charge in [-0.15, -0.1) is 28.5 Å². The van der Waals surface area contributed by atoms with E-state index < -0.39 is 0 Å². The second-order valence-electron chi connectivity index (χ2n) is 4.21. The molecule has 0 aromatic heterocycles. The molecule has 1 aliphatic rings. The molecule has 94 valence electrons. The topological polar surface area (TPSA) is 41.6 Å². The highest BCUT2D eigenvalue weighted by Crippen LogP contribution is 2.31. The minimum absolute atomic E-state index is 0. The van der Waals surface area contributed by atoms with Crippen LogP contribution in [-0.2, 0) is 0 Å².